The number of carbonyl (C=O) groups excluding carboxylic acids is 1. The minimum atomic E-state index is -0.353. The number of halogens is 1. The zero-order valence-electron chi connectivity index (χ0n) is 13.8. The molecule has 0 saturated heterocycles. The van der Waals surface area contributed by atoms with Gasteiger partial charge in [0.05, 0.1) is 17.9 Å². The topological polar surface area (TPSA) is 69.2 Å². The van der Waals surface area contributed by atoms with E-state index in [1.54, 1.807) is 30.5 Å². The zero-order chi connectivity index (χ0) is 17.8. The molecule has 1 aliphatic rings. The van der Waals surface area contributed by atoms with Crippen molar-refractivity contribution in [1.82, 2.24) is 5.43 Å². The van der Waals surface area contributed by atoms with Gasteiger partial charge in [-0.25, -0.2) is 5.43 Å². The van der Waals surface area contributed by atoms with E-state index >= 15 is 0 Å². The first-order valence-electron chi connectivity index (χ1n) is 7.72. The largest absolute Gasteiger partial charge is 0.490 e. The van der Waals surface area contributed by atoms with Crippen molar-refractivity contribution in [2.75, 3.05) is 6.79 Å². The monoisotopic (exact) mass is 404 g/mol. The van der Waals surface area contributed by atoms with E-state index in [0.29, 0.717) is 22.8 Å². The van der Waals surface area contributed by atoms with Crippen LogP contribution >= 0.6 is 15.9 Å². The van der Waals surface area contributed by atoms with Crippen molar-refractivity contribution in [1.29, 1.82) is 0 Å². The van der Waals surface area contributed by atoms with Crippen LogP contribution in [0.2, 0.25) is 0 Å². The summed E-state index contributed by atoms with van der Waals surface area (Å²) in [6.45, 7) is 4.03. The number of nitrogens with zero attached hydrogens (tertiary/aromatic N) is 1. The van der Waals surface area contributed by atoms with Crippen LogP contribution in [0, 0.1) is 0 Å². The second kappa shape index (κ2) is 7.57. The molecule has 130 valence electrons. The molecule has 0 unspecified atom stereocenters. The van der Waals surface area contributed by atoms with Gasteiger partial charge in [0, 0.05) is 4.47 Å². The summed E-state index contributed by atoms with van der Waals surface area (Å²) < 4.78 is 17.0. The molecule has 1 aliphatic heterocycles. The molecule has 0 aromatic heterocycles. The first-order valence-corrected chi connectivity index (χ1v) is 8.51. The summed E-state index contributed by atoms with van der Waals surface area (Å²) in [6.07, 6.45) is 1.51. The van der Waals surface area contributed by atoms with Crippen molar-refractivity contribution in [3.05, 3.63) is 52.0 Å². The minimum Gasteiger partial charge on any atom is -0.490 e. The molecule has 2 aromatic rings. The third-order valence-corrected chi connectivity index (χ3v) is 3.82. The van der Waals surface area contributed by atoms with Gasteiger partial charge < -0.3 is 14.2 Å². The second-order valence-corrected chi connectivity index (χ2v) is 6.53. The molecular weight excluding hydrogens is 388 g/mol. The third-order valence-electron chi connectivity index (χ3n) is 3.33. The highest BCUT2D eigenvalue weighted by atomic mass is 79.9. The summed E-state index contributed by atoms with van der Waals surface area (Å²) in [5.41, 5.74) is 3.71. The van der Waals surface area contributed by atoms with Crippen LogP contribution in [-0.4, -0.2) is 25.0 Å². The zero-order valence-corrected chi connectivity index (χ0v) is 15.4. The molecular formula is C18H17BrN2O4. The predicted octanol–water partition coefficient (Wildman–Crippen LogP) is 3.73. The Hall–Kier alpha value is -2.54. The average molecular weight is 405 g/mol. The molecule has 2 aromatic carbocycles. The molecule has 0 saturated carbocycles. The highest BCUT2D eigenvalue weighted by molar-refractivity contribution is 9.10. The van der Waals surface area contributed by atoms with Gasteiger partial charge in [-0.3, -0.25) is 4.79 Å². The van der Waals surface area contributed by atoms with Gasteiger partial charge in [0.1, 0.15) is 5.75 Å². The summed E-state index contributed by atoms with van der Waals surface area (Å²) in [6, 6.07) is 10.7. The molecule has 6 nitrogen and oxygen atoms in total. The van der Waals surface area contributed by atoms with Gasteiger partial charge in [0.2, 0.25) is 6.79 Å². The number of rotatable bonds is 5. The lowest BCUT2D eigenvalue weighted by Gasteiger charge is -2.13. The maximum absolute atomic E-state index is 12.4. The SMILES string of the molecule is CC(C)Oc1ccc(Br)cc1C(=O)N/N=C\c1ccc2c(c1)OCO2. The van der Waals surface area contributed by atoms with Crippen LogP contribution in [0.4, 0.5) is 0 Å². The first-order chi connectivity index (χ1) is 12.0. The van der Waals surface area contributed by atoms with E-state index in [1.165, 1.54) is 0 Å². The lowest BCUT2D eigenvalue weighted by Crippen LogP contribution is -2.20. The number of carbonyl (C=O) groups is 1. The van der Waals surface area contributed by atoms with Gasteiger partial charge in [0.25, 0.3) is 5.91 Å². The van der Waals surface area contributed by atoms with Gasteiger partial charge >= 0.3 is 0 Å². The van der Waals surface area contributed by atoms with Crippen LogP contribution < -0.4 is 19.6 Å². The Balaban J connectivity index is 1.71. The summed E-state index contributed by atoms with van der Waals surface area (Å²) in [5, 5.41) is 4.00. The number of hydrogen-bond acceptors (Lipinski definition) is 5. The van der Waals surface area contributed by atoms with E-state index in [1.807, 2.05) is 26.0 Å². The van der Waals surface area contributed by atoms with E-state index in [9.17, 15) is 4.79 Å². The van der Waals surface area contributed by atoms with Crippen molar-refractivity contribution in [3.63, 3.8) is 0 Å². The highest BCUT2D eigenvalue weighted by Gasteiger charge is 2.15. The van der Waals surface area contributed by atoms with Crippen molar-refractivity contribution in [2.24, 2.45) is 5.10 Å². The standard InChI is InChI=1S/C18H17BrN2O4/c1-11(2)25-15-6-4-13(19)8-14(15)18(22)21-20-9-12-3-5-16-17(7-12)24-10-23-16/h3-9,11H,10H2,1-2H3,(H,21,22)/b20-9-. The molecule has 0 spiro atoms. The van der Waals surface area contributed by atoms with Crippen LogP contribution in [0.3, 0.4) is 0 Å². The van der Waals surface area contributed by atoms with Gasteiger partial charge in [-0.2, -0.15) is 5.10 Å². The van der Waals surface area contributed by atoms with Crippen molar-refractivity contribution < 1.29 is 19.0 Å². The van der Waals surface area contributed by atoms with Gasteiger partial charge in [-0.05, 0) is 55.8 Å². The first kappa shape index (κ1) is 17.3. The fourth-order valence-electron chi connectivity index (χ4n) is 2.26. The van der Waals surface area contributed by atoms with E-state index in [2.05, 4.69) is 26.5 Å². The summed E-state index contributed by atoms with van der Waals surface area (Å²) in [4.78, 5) is 12.4. The Labute approximate surface area is 153 Å². The molecule has 0 aliphatic carbocycles. The normalized spacial score (nSPS) is 12.6. The lowest BCUT2D eigenvalue weighted by molar-refractivity contribution is 0.0949. The van der Waals surface area contributed by atoms with E-state index < -0.39 is 0 Å². The Morgan fingerprint density at radius 2 is 2.04 bits per heavy atom. The number of ether oxygens (including phenoxy) is 3. The van der Waals surface area contributed by atoms with Gasteiger partial charge in [-0.1, -0.05) is 15.9 Å². The van der Waals surface area contributed by atoms with Gasteiger partial charge in [-0.15, -0.1) is 0 Å². The summed E-state index contributed by atoms with van der Waals surface area (Å²) in [5.74, 6) is 1.52. The van der Waals surface area contributed by atoms with Crippen LogP contribution in [0.15, 0.2) is 46.0 Å². The summed E-state index contributed by atoms with van der Waals surface area (Å²) >= 11 is 3.36. The third kappa shape index (κ3) is 4.30. The van der Waals surface area contributed by atoms with Crippen LogP contribution in [0.1, 0.15) is 29.8 Å². The molecule has 0 atom stereocenters. The number of benzene rings is 2. The van der Waals surface area contributed by atoms with Crippen molar-refractivity contribution in [2.45, 2.75) is 20.0 Å². The van der Waals surface area contributed by atoms with Crippen LogP contribution in [0.25, 0.3) is 0 Å². The van der Waals surface area contributed by atoms with Crippen molar-refractivity contribution in [3.8, 4) is 17.2 Å². The molecule has 1 amide bonds. The fourth-order valence-corrected chi connectivity index (χ4v) is 2.62. The quantitative estimate of drug-likeness (QED) is 0.608. The molecule has 0 bridgehead atoms. The predicted molar refractivity (Wildman–Crippen MR) is 97.5 cm³/mol. The van der Waals surface area contributed by atoms with Crippen molar-refractivity contribution >= 4 is 28.1 Å². The molecule has 3 rings (SSSR count). The number of amides is 1. The number of hydrazone groups is 1. The van der Waals surface area contributed by atoms with E-state index in [-0.39, 0.29) is 18.8 Å². The number of fused-ring (bicyclic) bond motifs is 1. The molecule has 0 radical (unpaired) electrons. The Morgan fingerprint density at radius 1 is 1.24 bits per heavy atom. The maximum atomic E-state index is 12.4. The fraction of sp³-hybridized carbons (Fsp3) is 0.222. The molecule has 1 heterocycles. The molecule has 7 heteroatoms. The highest BCUT2D eigenvalue weighted by Crippen LogP contribution is 2.32. The maximum Gasteiger partial charge on any atom is 0.275 e. The Morgan fingerprint density at radius 3 is 2.84 bits per heavy atom. The number of nitrogens with one attached hydrogen (secondary N) is 1. The second-order valence-electron chi connectivity index (χ2n) is 5.62. The van der Waals surface area contributed by atoms with E-state index in [0.717, 1.165) is 10.0 Å². The number of hydrogen-bond donors (Lipinski definition) is 1. The smallest absolute Gasteiger partial charge is 0.275 e. The average Bonchev–Trinajstić information content (AvgIpc) is 3.03. The Bertz CT molecular complexity index is 821. The van der Waals surface area contributed by atoms with E-state index in [4.69, 9.17) is 14.2 Å². The van der Waals surface area contributed by atoms with Gasteiger partial charge in [0.15, 0.2) is 11.5 Å². The Kier molecular flexibility index (Phi) is 5.23. The molecule has 1 N–H and O–H groups in total. The van der Waals surface area contributed by atoms with Crippen LogP contribution in [0.5, 0.6) is 17.2 Å². The van der Waals surface area contributed by atoms with Crippen LogP contribution in [-0.2, 0) is 0 Å². The lowest BCUT2D eigenvalue weighted by atomic mass is 10.2. The minimum absolute atomic E-state index is 0.0372. The molecule has 0 fully saturated rings. The summed E-state index contributed by atoms with van der Waals surface area (Å²) in [7, 11) is 0. The molecule has 25 heavy (non-hydrogen) atoms.